The summed E-state index contributed by atoms with van der Waals surface area (Å²) in [5, 5.41) is 16.0. The maximum absolute atomic E-state index is 11.0. The predicted octanol–water partition coefficient (Wildman–Crippen LogP) is 1.74. The van der Waals surface area contributed by atoms with Crippen LogP contribution in [0.25, 0.3) is 0 Å². The zero-order valence-corrected chi connectivity index (χ0v) is 10.8. The van der Waals surface area contributed by atoms with Crippen LogP contribution in [0.3, 0.4) is 0 Å². The lowest BCUT2D eigenvalue weighted by Gasteiger charge is -2.06. The summed E-state index contributed by atoms with van der Waals surface area (Å²) < 4.78 is 6.55. The second kappa shape index (κ2) is 5.43. The number of methoxy groups -OCH3 is 1. The Morgan fingerprint density at radius 2 is 2.11 bits per heavy atom. The van der Waals surface area contributed by atoms with Crippen LogP contribution in [0, 0.1) is 0 Å². The summed E-state index contributed by atoms with van der Waals surface area (Å²) in [5.74, 6) is -0.255. The molecule has 2 rings (SSSR count). The van der Waals surface area contributed by atoms with Gasteiger partial charge < -0.3 is 15.2 Å². The molecule has 0 aliphatic rings. The Balaban J connectivity index is 2.07. The Kier molecular flexibility index (Phi) is 3.70. The largest absolute Gasteiger partial charge is 0.497 e. The number of carbonyl (C=O) groups is 1. The zero-order valence-electron chi connectivity index (χ0n) is 10.8. The minimum absolute atomic E-state index is 0.0241. The number of benzene rings is 1. The van der Waals surface area contributed by atoms with E-state index in [1.807, 2.05) is 24.3 Å². The number of aromatic nitrogens is 2. The van der Waals surface area contributed by atoms with Crippen LogP contribution >= 0.6 is 0 Å². The molecule has 0 amide bonds. The molecular weight excluding hydrogens is 246 g/mol. The maximum atomic E-state index is 11.0. The molecule has 6 nitrogen and oxygen atoms in total. The van der Waals surface area contributed by atoms with Crippen molar-refractivity contribution in [3.05, 3.63) is 41.7 Å². The number of aryl methyl sites for hydroxylation is 1. The van der Waals surface area contributed by atoms with Crippen LogP contribution < -0.4 is 10.1 Å². The number of hydrogen-bond donors (Lipinski definition) is 2. The van der Waals surface area contributed by atoms with Gasteiger partial charge >= 0.3 is 5.97 Å². The number of aromatic carboxylic acids is 1. The van der Waals surface area contributed by atoms with Gasteiger partial charge in [0.05, 0.1) is 12.8 Å². The number of nitrogens with zero attached hydrogens (tertiary/aromatic N) is 2. The Labute approximate surface area is 110 Å². The van der Waals surface area contributed by atoms with E-state index in [0.29, 0.717) is 12.2 Å². The lowest BCUT2D eigenvalue weighted by Crippen LogP contribution is -2.05. The summed E-state index contributed by atoms with van der Waals surface area (Å²) in [4.78, 5) is 11.0. The minimum Gasteiger partial charge on any atom is -0.497 e. The number of ether oxygens (including phenoxy) is 1. The van der Waals surface area contributed by atoms with Crippen LogP contribution in [0.2, 0.25) is 0 Å². The average Bonchev–Trinajstić information content (AvgIpc) is 2.78. The molecule has 6 heteroatoms. The van der Waals surface area contributed by atoms with Crippen molar-refractivity contribution in [3.63, 3.8) is 0 Å². The van der Waals surface area contributed by atoms with E-state index in [9.17, 15) is 4.79 Å². The first kappa shape index (κ1) is 12.9. The van der Waals surface area contributed by atoms with E-state index in [-0.39, 0.29) is 5.69 Å². The fourth-order valence-electron chi connectivity index (χ4n) is 1.72. The van der Waals surface area contributed by atoms with Crippen molar-refractivity contribution in [2.75, 3.05) is 12.4 Å². The summed E-state index contributed by atoms with van der Waals surface area (Å²) in [6.45, 7) is 0.524. The first-order valence-electron chi connectivity index (χ1n) is 5.74. The van der Waals surface area contributed by atoms with E-state index in [4.69, 9.17) is 9.84 Å². The molecule has 0 saturated heterocycles. The second-order valence-corrected chi connectivity index (χ2v) is 4.07. The number of rotatable bonds is 5. The van der Waals surface area contributed by atoms with Crippen molar-refractivity contribution in [2.45, 2.75) is 6.54 Å². The van der Waals surface area contributed by atoms with Gasteiger partial charge in [0.25, 0.3) is 0 Å². The van der Waals surface area contributed by atoms with E-state index in [0.717, 1.165) is 11.3 Å². The molecule has 0 unspecified atom stereocenters. The Hall–Kier alpha value is -2.50. The molecule has 1 aromatic heterocycles. The van der Waals surface area contributed by atoms with E-state index in [2.05, 4.69) is 10.4 Å². The minimum atomic E-state index is -1.04. The van der Waals surface area contributed by atoms with Crippen LogP contribution in [-0.2, 0) is 13.6 Å². The van der Waals surface area contributed by atoms with E-state index in [1.165, 1.54) is 4.68 Å². The molecule has 2 N–H and O–H groups in total. The molecule has 0 aliphatic carbocycles. The smallest absolute Gasteiger partial charge is 0.358 e. The first-order chi connectivity index (χ1) is 9.10. The van der Waals surface area contributed by atoms with E-state index in [1.54, 1.807) is 20.4 Å². The molecule has 0 bridgehead atoms. The van der Waals surface area contributed by atoms with Gasteiger partial charge in [-0.1, -0.05) is 12.1 Å². The van der Waals surface area contributed by atoms with Crippen LogP contribution in [0.5, 0.6) is 5.75 Å². The van der Waals surface area contributed by atoms with Gasteiger partial charge in [-0.3, -0.25) is 4.68 Å². The lowest BCUT2D eigenvalue weighted by atomic mass is 10.2. The molecule has 100 valence electrons. The van der Waals surface area contributed by atoms with Crippen LogP contribution in [0.4, 0.5) is 5.69 Å². The SMILES string of the molecule is COc1ccc(CNc2cn(C)nc2C(=O)O)cc1. The van der Waals surface area contributed by atoms with Gasteiger partial charge in [0.2, 0.25) is 0 Å². The molecule has 1 heterocycles. The number of nitrogens with one attached hydrogen (secondary N) is 1. The van der Waals surface area contributed by atoms with Crippen molar-refractivity contribution in [1.29, 1.82) is 0 Å². The van der Waals surface area contributed by atoms with Crippen LogP contribution in [0.15, 0.2) is 30.5 Å². The fraction of sp³-hybridized carbons (Fsp3) is 0.231. The molecule has 1 aromatic carbocycles. The van der Waals surface area contributed by atoms with Gasteiger partial charge in [-0.05, 0) is 17.7 Å². The normalized spacial score (nSPS) is 10.2. The van der Waals surface area contributed by atoms with Gasteiger partial charge in [-0.2, -0.15) is 5.10 Å². The number of carboxylic acids is 1. The van der Waals surface area contributed by atoms with Crippen molar-refractivity contribution >= 4 is 11.7 Å². The molecule has 2 aromatic rings. The number of hydrogen-bond acceptors (Lipinski definition) is 4. The maximum Gasteiger partial charge on any atom is 0.358 e. The summed E-state index contributed by atoms with van der Waals surface area (Å²) in [6, 6.07) is 7.56. The standard InChI is InChI=1S/C13H15N3O3/c1-16-8-11(12(15-16)13(17)18)14-7-9-3-5-10(19-2)6-4-9/h3-6,8,14H,7H2,1-2H3,(H,17,18). The number of carboxylic acid groups (broad SMARTS) is 1. The topological polar surface area (TPSA) is 76.4 Å². The third-order valence-electron chi connectivity index (χ3n) is 2.67. The van der Waals surface area contributed by atoms with Crippen molar-refractivity contribution < 1.29 is 14.6 Å². The highest BCUT2D eigenvalue weighted by Crippen LogP contribution is 2.16. The van der Waals surface area contributed by atoms with Crippen molar-refractivity contribution in [2.24, 2.45) is 7.05 Å². The first-order valence-corrected chi connectivity index (χ1v) is 5.74. The van der Waals surface area contributed by atoms with Gasteiger partial charge in [-0.25, -0.2) is 4.79 Å². The third-order valence-corrected chi connectivity index (χ3v) is 2.67. The predicted molar refractivity (Wildman–Crippen MR) is 70.5 cm³/mol. The zero-order chi connectivity index (χ0) is 13.8. The van der Waals surface area contributed by atoms with Gasteiger partial charge in [-0.15, -0.1) is 0 Å². The monoisotopic (exact) mass is 261 g/mol. The highest BCUT2D eigenvalue weighted by atomic mass is 16.5. The van der Waals surface area contributed by atoms with Crippen molar-refractivity contribution in [3.8, 4) is 5.75 Å². The fourth-order valence-corrected chi connectivity index (χ4v) is 1.72. The highest BCUT2D eigenvalue weighted by molar-refractivity contribution is 5.91. The van der Waals surface area contributed by atoms with Gasteiger partial charge in [0.1, 0.15) is 5.75 Å². The summed E-state index contributed by atoms with van der Waals surface area (Å²) in [6.07, 6.45) is 1.65. The van der Waals surface area contributed by atoms with E-state index < -0.39 is 5.97 Å². The van der Waals surface area contributed by atoms with Gasteiger partial charge in [0.15, 0.2) is 5.69 Å². The molecule has 0 aliphatic heterocycles. The third kappa shape index (κ3) is 3.04. The molecular formula is C13H15N3O3. The Morgan fingerprint density at radius 3 is 2.68 bits per heavy atom. The molecule has 19 heavy (non-hydrogen) atoms. The van der Waals surface area contributed by atoms with Crippen LogP contribution in [-0.4, -0.2) is 28.0 Å². The van der Waals surface area contributed by atoms with Crippen LogP contribution in [0.1, 0.15) is 16.1 Å². The van der Waals surface area contributed by atoms with E-state index >= 15 is 0 Å². The second-order valence-electron chi connectivity index (χ2n) is 4.07. The molecule has 0 saturated carbocycles. The lowest BCUT2D eigenvalue weighted by molar-refractivity contribution is 0.0690. The summed E-state index contributed by atoms with van der Waals surface area (Å²) in [7, 11) is 3.30. The van der Waals surface area contributed by atoms with Crippen molar-refractivity contribution in [1.82, 2.24) is 9.78 Å². The molecule has 0 atom stereocenters. The summed E-state index contributed by atoms with van der Waals surface area (Å²) >= 11 is 0. The summed E-state index contributed by atoms with van der Waals surface area (Å²) in [5.41, 5.74) is 1.56. The van der Waals surface area contributed by atoms with Gasteiger partial charge in [0, 0.05) is 19.8 Å². The quantitative estimate of drug-likeness (QED) is 0.857. The highest BCUT2D eigenvalue weighted by Gasteiger charge is 2.14. The molecule has 0 fully saturated rings. The number of anilines is 1. The average molecular weight is 261 g/mol. The Bertz CT molecular complexity index is 575. The molecule has 0 spiro atoms. The Morgan fingerprint density at radius 1 is 1.42 bits per heavy atom. The molecule has 0 radical (unpaired) electrons.